The maximum absolute atomic E-state index is 12.8. The molecule has 2 aromatic carbocycles. The van der Waals surface area contributed by atoms with E-state index < -0.39 is 0 Å². The highest BCUT2D eigenvalue weighted by atomic mass is 16.5. The number of nitrogens with one attached hydrogen (secondary N) is 1. The molecule has 1 N–H and O–H groups in total. The number of carbonyl (C=O) groups excluding carboxylic acids is 1. The van der Waals surface area contributed by atoms with Gasteiger partial charge in [0.1, 0.15) is 18.1 Å². The largest absolute Gasteiger partial charge is 0.497 e. The Labute approximate surface area is 183 Å². The summed E-state index contributed by atoms with van der Waals surface area (Å²) in [6, 6.07) is 9.43. The second kappa shape index (κ2) is 10.8. The summed E-state index contributed by atoms with van der Waals surface area (Å²) in [5.74, 6) is 3.05. The third kappa shape index (κ3) is 5.54. The van der Waals surface area contributed by atoms with Crippen LogP contribution in [-0.4, -0.2) is 39.4 Å². The minimum atomic E-state index is -0.264. The predicted octanol–water partition coefficient (Wildman–Crippen LogP) is 3.76. The molecule has 1 heterocycles. The van der Waals surface area contributed by atoms with Crippen molar-refractivity contribution < 1.29 is 28.5 Å². The van der Waals surface area contributed by atoms with Gasteiger partial charge in [-0.2, -0.15) is 0 Å². The molecule has 0 aromatic heterocycles. The number of benzene rings is 2. The Morgan fingerprint density at radius 3 is 2.32 bits per heavy atom. The Morgan fingerprint density at radius 2 is 1.71 bits per heavy atom. The lowest BCUT2D eigenvalue weighted by molar-refractivity contribution is -0.126. The molecule has 0 radical (unpaired) electrons. The van der Waals surface area contributed by atoms with Gasteiger partial charge < -0.3 is 29.0 Å². The Bertz CT molecular complexity index is 871. The third-order valence-corrected chi connectivity index (χ3v) is 4.98. The molecule has 168 valence electrons. The molecule has 0 saturated carbocycles. The number of hydrogen-bond acceptors (Lipinski definition) is 6. The smallest absolute Gasteiger partial charge is 0.227 e. The highest BCUT2D eigenvalue weighted by Crippen LogP contribution is 2.39. The Hall–Kier alpha value is -3.09. The van der Waals surface area contributed by atoms with Gasteiger partial charge in [-0.3, -0.25) is 4.79 Å². The van der Waals surface area contributed by atoms with E-state index in [0.29, 0.717) is 56.6 Å². The molecule has 7 nitrogen and oxygen atoms in total. The lowest BCUT2D eigenvalue weighted by Gasteiger charge is -2.25. The molecule has 7 heteroatoms. The number of rotatable bonds is 10. The van der Waals surface area contributed by atoms with Crippen molar-refractivity contribution in [2.45, 2.75) is 33.7 Å². The summed E-state index contributed by atoms with van der Waals surface area (Å²) in [5.41, 5.74) is 1.85. The molecule has 0 fully saturated rings. The van der Waals surface area contributed by atoms with E-state index >= 15 is 0 Å². The van der Waals surface area contributed by atoms with E-state index in [1.54, 1.807) is 7.11 Å². The zero-order valence-corrected chi connectivity index (χ0v) is 18.7. The van der Waals surface area contributed by atoms with Crippen LogP contribution in [-0.2, 0) is 17.8 Å². The van der Waals surface area contributed by atoms with Gasteiger partial charge >= 0.3 is 0 Å². The summed E-state index contributed by atoms with van der Waals surface area (Å²) in [7, 11) is 1.62. The molecule has 31 heavy (non-hydrogen) atoms. The number of fused-ring (bicyclic) bond motifs is 1. The SMILES string of the molecule is CCOc1cc(CNC(=O)C2COc3ccc(OC)cc3C2)cc(OCC)c1OCC. The third-order valence-electron chi connectivity index (χ3n) is 4.98. The maximum Gasteiger partial charge on any atom is 0.227 e. The first-order valence-electron chi connectivity index (χ1n) is 10.7. The van der Waals surface area contributed by atoms with Gasteiger partial charge in [0.25, 0.3) is 0 Å². The number of hydrogen-bond donors (Lipinski definition) is 1. The van der Waals surface area contributed by atoms with Gasteiger partial charge in [0.05, 0.1) is 32.8 Å². The quantitative estimate of drug-likeness (QED) is 0.620. The molecular formula is C24H31NO6. The van der Waals surface area contributed by atoms with Crippen LogP contribution in [0.1, 0.15) is 31.9 Å². The molecule has 1 aliphatic rings. The summed E-state index contributed by atoms with van der Waals surface area (Å²) in [6.07, 6.45) is 0.607. The fourth-order valence-corrected chi connectivity index (χ4v) is 3.54. The lowest BCUT2D eigenvalue weighted by Crippen LogP contribution is -2.37. The van der Waals surface area contributed by atoms with Crippen LogP contribution in [0.3, 0.4) is 0 Å². The molecule has 0 spiro atoms. The number of amides is 1. The van der Waals surface area contributed by atoms with Crippen molar-refractivity contribution in [1.29, 1.82) is 0 Å². The van der Waals surface area contributed by atoms with Crippen LogP contribution in [0.25, 0.3) is 0 Å². The molecule has 0 bridgehead atoms. The zero-order valence-electron chi connectivity index (χ0n) is 18.7. The van der Waals surface area contributed by atoms with E-state index in [0.717, 1.165) is 22.6 Å². The van der Waals surface area contributed by atoms with Gasteiger partial charge in [0.2, 0.25) is 11.7 Å². The average molecular weight is 430 g/mol. The number of methoxy groups -OCH3 is 1. The van der Waals surface area contributed by atoms with Crippen molar-refractivity contribution >= 4 is 5.91 Å². The average Bonchev–Trinajstić information content (AvgIpc) is 2.79. The standard InChI is InChI=1S/C24H31NO6/c1-5-28-21-10-16(11-22(29-6-2)23(21)30-7-3)14-25-24(26)18-12-17-13-19(27-4)8-9-20(17)31-15-18/h8-11,13,18H,5-7,12,14-15H2,1-4H3,(H,25,26). The molecule has 1 aliphatic heterocycles. The van der Waals surface area contributed by atoms with E-state index in [1.807, 2.05) is 51.1 Å². The molecule has 0 saturated heterocycles. The van der Waals surface area contributed by atoms with Crippen LogP contribution in [0.5, 0.6) is 28.7 Å². The van der Waals surface area contributed by atoms with E-state index in [2.05, 4.69) is 5.32 Å². The minimum absolute atomic E-state index is 0.0572. The Balaban J connectivity index is 1.70. The van der Waals surface area contributed by atoms with Crippen molar-refractivity contribution in [1.82, 2.24) is 5.32 Å². The molecule has 3 rings (SSSR count). The summed E-state index contributed by atoms with van der Waals surface area (Å²) in [4.78, 5) is 12.8. The van der Waals surface area contributed by atoms with Crippen molar-refractivity contribution in [3.8, 4) is 28.7 Å². The van der Waals surface area contributed by atoms with Crippen LogP contribution in [0, 0.1) is 5.92 Å². The molecule has 1 unspecified atom stereocenters. The predicted molar refractivity (Wildman–Crippen MR) is 117 cm³/mol. The summed E-state index contributed by atoms with van der Waals surface area (Å²) in [6.45, 7) is 7.97. The van der Waals surface area contributed by atoms with Crippen LogP contribution >= 0.6 is 0 Å². The Morgan fingerprint density at radius 1 is 1.03 bits per heavy atom. The van der Waals surface area contributed by atoms with Gasteiger partial charge in [-0.15, -0.1) is 0 Å². The first-order valence-corrected chi connectivity index (χ1v) is 10.7. The summed E-state index contributed by atoms with van der Waals surface area (Å²) >= 11 is 0. The monoisotopic (exact) mass is 429 g/mol. The second-order valence-electron chi connectivity index (χ2n) is 7.12. The minimum Gasteiger partial charge on any atom is -0.497 e. The second-order valence-corrected chi connectivity index (χ2v) is 7.12. The van der Waals surface area contributed by atoms with Crippen molar-refractivity contribution in [3.63, 3.8) is 0 Å². The van der Waals surface area contributed by atoms with Crippen molar-refractivity contribution in [3.05, 3.63) is 41.5 Å². The van der Waals surface area contributed by atoms with Crippen LogP contribution in [0.15, 0.2) is 30.3 Å². The normalized spacial score (nSPS) is 14.8. The fourth-order valence-electron chi connectivity index (χ4n) is 3.54. The van der Waals surface area contributed by atoms with Gasteiger partial charge in [0, 0.05) is 6.54 Å². The first-order chi connectivity index (χ1) is 15.1. The van der Waals surface area contributed by atoms with E-state index in [-0.39, 0.29) is 11.8 Å². The molecule has 1 atom stereocenters. The Kier molecular flexibility index (Phi) is 7.87. The summed E-state index contributed by atoms with van der Waals surface area (Å²) in [5, 5.41) is 3.02. The van der Waals surface area contributed by atoms with Crippen LogP contribution in [0.2, 0.25) is 0 Å². The fraction of sp³-hybridized carbons (Fsp3) is 0.458. The molecule has 2 aromatic rings. The van der Waals surface area contributed by atoms with Crippen LogP contribution < -0.4 is 29.0 Å². The highest BCUT2D eigenvalue weighted by Gasteiger charge is 2.26. The van der Waals surface area contributed by atoms with E-state index in [4.69, 9.17) is 23.7 Å². The molecule has 0 aliphatic carbocycles. The van der Waals surface area contributed by atoms with Crippen molar-refractivity contribution in [2.24, 2.45) is 5.92 Å². The van der Waals surface area contributed by atoms with Gasteiger partial charge in [-0.25, -0.2) is 0 Å². The van der Waals surface area contributed by atoms with Crippen LogP contribution in [0.4, 0.5) is 0 Å². The summed E-state index contributed by atoms with van der Waals surface area (Å²) < 4.78 is 28.3. The van der Waals surface area contributed by atoms with E-state index in [9.17, 15) is 4.79 Å². The molecular weight excluding hydrogens is 398 g/mol. The number of carbonyl (C=O) groups is 1. The van der Waals surface area contributed by atoms with E-state index in [1.165, 1.54) is 0 Å². The van der Waals surface area contributed by atoms with Gasteiger partial charge in [-0.1, -0.05) is 0 Å². The van der Waals surface area contributed by atoms with Crippen molar-refractivity contribution in [2.75, 3.05) is 33.5 Å². The zero-order chi connectivity index (χ0) is 22.2. The van der Waals surface area contributed by atoms with Gasteiger partial charge in [0.15, 0.2) is 11.5 Å². The number of ether oxygens (including phenoxy) is 5. The first kappa shape index (κ1) is 22.6. The lowest BCUT2D eigenvalue weighted by atomic mass is 9.95. The maximum atomic E-state index is 12.8. The molecule has 1 amide bonds. The topological polar surface area (TPSA) is 75.3 Å². The highest BCUT2D eigenvalue weighted by molar-refractivity contribution is 5.79. The van der Waals surface area contributed by atoms with Gasteiger partial charge in [-0.05, 0) is 68.7 Å².